The molecular weight excluding hydrogens is 392 g/mol. The molecule has 0 bridgehead atoms. The number of hydrogen-bond donors (Lipinski definition) is 0. The Bertz CT molecular complexity index is 926. The Morgan fingerprint density at radius 3 is 2.60 bits per heavy atom. The first kappa shape index (κ1) is 20.9. The summed E-state index contributed by atoms with van der Waals surface area (Å²) in [7, 11) is 1.70. The van der Waals surface area contributed by atoms with E-state index in [2.05, 4.69) is 40.2 Å². The third kappa shape index (κ3) is 5.39. The number of benzene rings is 2. The van der Waals surface area contributed by atoms with Crippen LogP contribution in [0.1, 0.15) is 42.7 Å². The fourth-order valence-electron chi connectivity index (χ4n) is 4.21. The number of nitrogens with zero attached hydrogens (tertiary/aromatic N) is 2. The molecule has 1 saturated heterocycles. The van der Waals surface area contributed by atoms with Crippen molar-refractivity contribution < 1.29 is 9.53 Å². The highest BCUT2D eigenvalue weighted by molar-refractivity contribution is 7.18. The molecule has 4 nitrogen and oxygen atoms in total. The molecule has 0 radical (unpaired) electrons. The minimum Gasteiger partial charge on any atom is -0.497 e. The van der Waals surface area contributed by atoms with E-state index < -0.39 is 0 Å². The molecule has 3 aromatic rings. The van der Waals surface area contributed by atoms with Crippen LogP contribution in [0.3, 0.4) is 0 Å². The van der Waals surface area contributed by atoms with Gasteiger partial charge in [-0.1, -0.05) is 24.3 Å². The Labute approximate surface area is 182 Å². The van der Waals surface area contributed by atoms with Gasteiger partial charge in [0.1, 0.15) is 5.75 Å². The minimum absolute atomic E-state index is 0.310. The molecule has 30 heavy (non-hydrogen) atoms. The van der Waals surface area contributed by atoms with Gasteiger partial charge >= 0.3 is 0 Å². The minimum atomic E-state index is 0.310. The lowest BCUT2D eigenvalue weighted by molar-refractivity contribution is -0.132. The van der Waals surface area contributed by atoms with Gasteiger partial charge in [-0.05, 0) is 74.3 Å². The zero-order chi connectivity index (χ0) is 20.8. The number of ether oxygens (including phenoxy) is 1. The summed E-state index contributed by atoms with van der Waals surface area (Å²) in [6.45, 7) is 1.82. The molecule has 2 aromatic carbocycles. The van der Waals surface area contributed by atoms with E-state index in [1.807, 2.05) is 18.2 Å². The Balaban J connectivity index is 1.15. The van der Waals surface area contributed by atoms with Crippen LogP contribution in [0, 0.1) is 5.92 Å². The van der Waals surface area contributed by atoms with Crippen LogP contribution in [0.25, 0.3) is 10.2 Å². The standard InChI is InChI=1S/C25H30N2O2S/c1-29-21-13-11-19(12-14-21)9-10-20-15-17-27(18-16-20)25(28)8-4-7-24-26-22-5-2-3-6-23(22)30-24/h2-3,5-6,11-14,20H,4,7-10,15-18H2,1H3. The first-order chi connectivity index (χ1) is 14.7. The maximum absolute atomic E-state index is 12.6. The molecule has 0 spiro atoms. The zero-order valence-corrected chi connectivity index (χ0v) is 18.5. The number of fused-ring (bicyclic) bond motifs is 1. The molecule has 1 aliphatic heterocycles. The molecule has 158 valence electrons. The average molecular weight is 423 g/mol. The van der Waals surface area contributed by atoms with Gasteiger partial charge in [0.25, 0.3) is 0 Å². The van der Waals surface area contributed by atoms with Gasteiger partial charge < -0.3 is 9.64 Å². The van der Waals surface area contributed by atoms with Gasteiger partial charge in [0.05, 0.1) is 22.3 Å². The first-order valence-electron chi connectivity index (χ1n) is 11.0. The number of rotatable bonds is 8. The van der Waals surface area contributed by atoms with Crippen molar-refractivity contribution in [2.24, 2.45) is 5.92 Å². The molecule has 5 heteroatoms. The molecule has 1 aromatic heterocycles. The van der Waals surface area contributed by atoms with Crippen molar-refractivity contribution in [2.45, 2.75) is 44.9 Å². The van der Waals surface area contributed by atoms with Gasteiger partial charge in [-0.2, -0.15) is 0 Å². The van der Waals surface area contributed by atoms with Crippen LogP contribution >= 0.6 is 11.3 Å². The zero-order valence-electron chi connectivity index (χ0n) is 17.7. The number of aryl methyl sites for hydroxylation is 2. The van der Waals surface area contributed by atoms with Crippen molar-refractivity contribution >= 4 is 27.5 Å². The van der Waals surface area contributed by atoms with Gasteiger partial charge in [0.2, 0.25) is 5.91 Å². The highest BCUT2D eigenvalue weighted by Crippen LogP contribution is 2.25. The summed E-state index contributed by atoms with van der Waals surface area (Å²) in [5, 5.41) is 1.14. The maximum atomic E-state index is 12.6. The first-order valence-corrected chi connectivity index (χ1v) is 11.8. The highest BCUT2D eigenvalue weighted by atomic mass is 32.1. The number of hydrogen-bond acceptors (Lipinski definition) is 4. The van der Waals surface area contributed by atoms with Crippen LogP contribution in [-0.4, -0.2) is 36.0 Å². The number of carbonyl (C=O) groups excluding carboxylic acids is 1. The lowest BCUT2D eigenvalue weighted by atomic mass is 9.90. The van der Waals surface area contributed by atoms with E-state index in [4.69, 9.17) is 4.74 Å². The molecular formula is C25H30N2O2S. The van der Waals surface area contributed by atoms with Crippen LogP contribution in [-0.2, 0) is 17.6 Å². The summed E-state index contributed by atoms with van der Waals surface area (Å²) in [6, 6.07) is 16.6. The van der Waals surface area contributed by atoms with Crippen molar-refractivity contribution in [1.82, 2.24) is 9.88 Å². The third-order valence-corrected chi connectivity index (χ3v) is 7.18. The number of para-hydroxylation sites is 1. The monoisotopic (exact) mass is 422 g/mol. The molecule has 4 rings (SSSR count). The molecule has 0 atom stereocenters. The lowest BCUT2D eigenvalue weighted by Crippen LogP contribution is -2.38. The Hall–Kier alpha value is -2.40. The van der Waals surface area contributed by atoms with Crippen LogP contribution in [0.4, 0.5) is 0 Å². The molecule has 1 amide bonds. The lowest BCUT2D eigenvalue weighted by Gasteiger charge is -2.32. The van der Waals surface area contributed by atoms with Gasteiger partial charge in [0.15, 0.2) is 0 Å². The summed E-state index contributed by atoms with van der Waals surface area (Å²) in [5.74, 6) is 1.94. The normalized spacial score (nSPS) is 14.9. The van der Waals surface area contributed by atoms with Crippen LogP contribution in [0.15, 0.2) is 48.5 Å². The van der Waals surface area contributed by atoms with Crippen molar-refractivity contribution in [2.75, 3.05) is 20.2 Å². The molecule has 0 saturated carbocycles. The SMILES string of the molecule is COc1ccc(CCC2CCN(C(=O)CCCc3nc4ccccc4s3)CC2)cc1. The average Bonchev–Trinajstić information content (AvgIpc) is 3.21. The molecule has 2 heterocycles. The van der Waals surface area contributed by atoms with Crippen molar-refractivity contribution in [3.8, 4) is 5.75 Å². The Kier molecular flexibility index (Phi) is 7.00. The topological polar surface area (TPSA) is 42.4 Å². The highest BCUT2D eigenvalue weighted by Gasteiger charge is 2.22. The van der Waals surface area contributed by atoms with Gasteiger partial charge in [-0.15, -0.1) is 11.3 Å². The van der Waals surface area contributed by atoms with Gasteiger partial charge in [-0.25, -0.2) is 4.98 Å². The largest absolute Gasteiger partial charge is 0.497 e. The van der Waals surface area contributed by atoms with E-state index in [9.17, 15) is 4.79 Å². The smallest absolute Gasteiger partial charge is 0.222 e. The third-order valence-electron chi connectivity index (χ3n) is 6.09. The van der Waals surface area contributed by atoms with Crippen LogP contribution in [0.2, 0.25) is 0 Å². The molecule has 1 aliphatic rings. The van der Waals surface area contributed by atoms with Crippen LogP contribution < -0.4 is 4.74 Å². The molecule has 0 unspecified atom stereocenters. The van der Waals surface area contributed by atoms with E-state index in [-0.39, 0.29) is 0 Å². The van der Waals surface area contributed by atoms with E-state index >= 15 is 0 Å². The Morgan fingerprint density at radius 1 is 1.10 bits per heavy atom. The number of thiazole rings is 1. The number of aromatic nitrogens is 1. The number of piperidine rings is 1. The van der Waals surface area contributed by atoms with Gasteiger partial charge in [0, 0.05) is 19.5 Å². The van der Waals surface area contributed by atoms with E-state index in [0.717, 1.165) is 67.4 Å². The second-order valence-corrected chi connectivity index (χ2v) is 9.25. The van der Waals surface area contributed by atoms with Crippen LogP contribution in [0.5, 0.6) is 5.75 Å². The quantitative estimate of drug-likeness (QED) is 0.481. The number of methoxy groups -OCH3 is 1. The van der Waals surface area contributed by atoms with E-state index in [0.29, 0.717) is 12.3 Å². The summed E-state index contributed by atoms with van der Waals surface area (Å²) in [6.07, 6.45) is 6.96. The van der Waals surface area contributed by atoms with Gasteiger partial charge in [-0.3, -0.25) is 4.79 Å². The summed E-state index contributed by atoms with van der Waals surface area (Å²) in [5.41, 5.74) is 2.43. The van der Waals surface area contributed by atoms with Crippen molar-refractivity contribution in [1.29, 1.82) is 0 Å². The number of carbonyl (C=O) groups is 1. The Morgan fingerprint density at radius 2 is 1.87 bits per heavy atom. The number of amides is 1. The maximum Gasteiger partial charge on any atom is 0.222 e. The predicted molar refractivity (Wildman–Crippen MR) is 123 cm³/mol. The second-order valence-electron chi connectivity index (χ2n) is 8.14. The molecule has 1 fully saturated rings. The number of likely N-dealkylation sites (tertiary alicyclic amines) is 1. The summed E-state index contributed by atoms with van der Waals surface area (Å²) < 4.78 is 6.46. The summed E-state index contributed by atoms with van der Waals surface area (Å²) >= 11 is 1.75. The van der Waals surface area contributed by atoms with E-state index in [1.54, 1.807) is 18.4 Å². The predicted octanol–water partition coefficient (Wildman–Crippen LogP) is 5.50. The molecule has 0 aliphatic carbocycles. The van der Waals surface area contributed by atoms with Crippen molar-refractivity contribution in [3.05, 3.63) is 59.1 Å². The second kappa shape index (κ2) is 10.1. The summed E-state index contributed by atoms with van der Waals surface area (Å²) in [4.78, 5) is 19.3. The van der Waals surface area contributed by atoms with E-state index in [1.165, 1.54) is 16.7 Å². The molecule has 0 N–H and O–H groups in total. The fraction of sp³-hybridized carbons (Fsp3) is 0.440. The van der Waals surface area contributed by atoms with Crippen molar-refractivity contribution in [3.63, 3.8) is 0 Å². The fourth-order valence-corrected chi connectivity index (χ4v) is 5.22.